The maximum absolute atomic E-state index is 13.1. The summed E-state index contributed by atoms with van der Waals surface area (Å²) in [6.45, 7) is 8.55. The SMILES string of the molecule is CCCCCN(Cc1ccc(NC(=O)c2c(C)cccc2C(=O)O)cc1)C(=O)CN(C)C(=O)C(S)C(C)C. The number of aryl methyl sites for hydroxylation is 1. The molecule has 0 saturated heterocycles. The van der Waals surface area contributed by atoms with E-state index < -0.39 is 17.1 Å². The van der Waals surface area contributed by atoms with Gasteiger partial charge < -0.3 is 20.2 Å². The first kappa shape index (κ1) is 30.9. The van der Waals surface area contributed by atoms with Gasteiger partial charge in [-0.25, -0.2) is 4.79 Å². The molecule has 38 heavy (non-hydrogen) atoms. The molecule has 2 N–H and O–H groups in total. The largest absolute Gasteiger partial charge is 0.478 e. The molecule has 8 nitrogen and oxygen atoms in total. The first-order valence-corrected chi connectivity index (χ1v) is 13.4. The molecule has 206 valence electrons. The summed E-state index contributed by atoms with van der Waals surface area (Å²) in [5, 5.41) is 11.7. The molecule has 0 bridgehead atoms. The van der Waals surface area contributed by atoms with Crippen LogP contribution in [0.3, 0.4) is 0 Å². The van der Waals surface area contributed by atoms with Crippen molar-refractivity contribution >= 4 is 42.0 Å². The zero-order chi connectivity index (χ0) is 28.4. The van der Waals surface area contributed by atoms with Gasteiger partial charge in [-0.1, -0.05) is 57.9 Å². The van der Waals surface area contributed by atoms with Gasteiger partial charge >= 0.3 is 5.97 Å². The van der Waals surface area contributed by atoms with E-state index >= 15 is 0 Å². The monoisotopic (exact) mass is 541 g/mol. The van der Waals surface area contributed by atoms with Gasteiger partial charge in [0.05, 0.1) is 22.9 Å². The van der Waals surface area contributed by atoms with Crippen molar-refractivity contribution in [1.82, 2.24) is 9.80 Å². The normalized spacial score (nSPS) is 11.7. The van der Waals surface area contributed by atoms with Crippen LogP contribution in [-0.4, -0.2) is 64.0 Å². The van der Waals surface area contributed by atoms with Crippen LogP contribution in [0.1, 0.15) is 71.9 Å². The summed E-state index contributed by atoms with van der Waals surface area (Å²) >= 11 is 4.38. The van der Waals surface area contributed by atoms with Crippen molar-refractivity contribution in [2.45, 2.75) is 58.8 Å². The summed E-state index contributed by atoms with van der Waals surface area (Å²) in [6.07, 6.45) is 2.87. The van der Waals surface area contributed by atoms with Crippen LogP contribution in [0.15, 0.2) is 42.5 Å². The minimum Gasteiger partial charge on any atom is -0.478 e. The Labute approximate surface area is 230 Å². The lowest BCUT2D eigenvalue weighted by Gasteiger charge is -2.27. The van der Waals surface area contributed by atoms with E-state index in [0.29, 0.717) is 24.3 Å². The average Bonchev–Trinajstić information content (AvgIpc) is 2.87. The summed E-state index contributed by atoms with van der Waals surface area (Å²) in [5.41, 5.74) is 2.03. The number of carboxylic acids is 1. The molecule has 2 rings (SSSR count). The Balaban J connectivity index is 2.12. The molecule has 0 radical (unpaired) electrons. The third kappa shape index (κ3) is 8.62. The molecule has 9 heteroatoms. The van der Waals surface area contributed by atoms with E-state index in [1.165, 1.54) is 11.0 Å². The molecule has 1 unspecified atom stereocenters. The number of likely N-dealkylation sites (N-methyl/N-ethyl adjacent to an activating group) is 1. The van der Waals surface area contributed by atoms with Crippen molar-refractivity contribution in [1.29, 1.82) is 0 Å². The van der Waals surface area contributed by atoms with Crippen LogP contribution in [0.4, 0.5) is 5.69 Å². The molecule has 0 aliphatic carbocycles. The summed E-state index contributed by atoms with van der Waals surface area (Å²) in [7, 11) is 1.62. The fourth-order valence-corrected chi connectivity index (χ4v) is 4.19. The highest BCUT2D eigenvalue weighted by Crippen LogP contribution is 2.19. The number of unbranched alkanes of at least 4 members (excludes halogenated alkanes) is 2. The highest BCUT2D eigenvalue weighted by atomic mass is 32.1. The number of anilines is 1. The summed E-state index contributed by atoms with van der Waals surface area (Å²) in [6, 6.07) is 11.8. The van der Waals surface area contributed by atoms with Gasteiger partial charge in [0.1, 0.15) is 0 Å². The molecular weight excluding hydrogens is 502 g/mol. The van der Waals surface area contributed by atoms with E-state index in [-0.39, 0.29) is 35.4 Å². The second kappa shape index (κ2) is 14.6. The zero-order valence-corrected chi connectivity index (χ0v) is 23.8. The minimum absolute atomic E-state index is 0.0226. The van der Waals surface area contributed by atoms with Gasteiger partial charge in [-0.05, 0) is 48.6 Å². The van der Waals surface area contributed by atoms with E-state index in [1.54, 1.807) is 43.1 Å². The summed E-state index contributed by atoms with van der Waals surface area (Å²) < 4.78 is 0. The number of amides is 3. The molecule has 2 aromatic carbocycles. The van der Waals surface area contributed by atoms with E-state index in [9.17, 15) is 24.3 Å². The molecule has 3 amide bonds. The topological polar surface area (TPSA) is 107 Å². The lowest BCUT2D eigenvalue weighted by molar-refractivity contribution is -0.139. The van der Waals surface area contributed by atoms with E-state index in [1.807, 2.05) is 26.0 Å². The maximum Gasteiger partial charge on any atom is 0.336 e. The van der Waals surface area contributed by atoms with Crippen LogP contribution in [-0.2, 0) is 16.1 Å². The van der Waals surface area contributed by atoms with Crippen LogP contribution in [0, 0.1) is 12.8 Å². The third-order valence-electron chi connectivity index (χ3n) is 6.33. The number of carbonyl (C=O) groups excluding carboxylic acids is 3. The van der Waals surface area contributed by atoms with Gasteiger partial charge in [0, 0.05) is 25.8 Å². The Bertz CT molecular complexity index is 1130. The lowest BCUT2D eigenvalue weighted by atomic mass is 10.0. The van der Waals surface area contributed by atoms with E-state index in [0.717, 1.165) is 24.8 Å². The highest BCUT2D eigenvalue weighted by Gasteiger charge is 2.25. The average molecular weight is 542 g/mol. The Morgan fingerprint density at radius 2 is 1.68 bits per heavy atom. The molecule has 0 saturated carbocycles. The molecule has 1 atom stereocenters. The molecule has 0 aliphatic heterocycles. The van der Waals surface area contributed by atoms with Crippen molar-refractivity contribution in [3.05, 3.63) is 64.7 Å². The number of rotatable bonds is 13. The van der Waals surface area contributed by atoms with Gasteiger partial charge in [0.25, 0.3) is 5.91 Å². The van der Waals surface area contributed by atoms with Crippen LogP contribution in [0.25, 0.3) is 0 Å². The Hall–Kier alpha value is -3.33. The first-order chi connectivity index (χ1) is 18.0. The quantitative estimate of drug-likeness (QED) is 0.248. The Kier molecular flexibility index (Phi) is 11.8. The second-order valence-electron chi connectivity index (χ2n) is 9.86. The predicted molar refractivity (Wildman–Crippen MR) is 153 cm³/mol. The van der Waals surface area contributed by atoms with E-state index in [2.05, 4.69) is 24.9 Å². The molecule has 0 aromatic heterocycles. The number of thiol groups is 1. The number of carbonyl (C=O) groups is 4. The van der Waals surface area contributed by atoms with Crippen LogP contribution >= 0.6 is 12.6 Å². The van der Waals surface area contributed by atoms with Crippen LogP contribution < -0.4 is 5.32 Å². The second-order valence-corrected chi connectivity index (χ2v) is 10.4. The van der Waals surface area contributed by atoms with Crippen molar-refractivity contribution in [3.63, 3.8) is 0 Å². The number of nitrogens with one attached hydrogen (secondary N) is 1. The number of carboxylic acid groups (broad SMARTS) is 1. The molecule has 2 aromatic rings. The first-order valence-electron chi connectivity index (χ1n) is 12.9. The minimum atomic E-state index is -1.16. The lowest BCUT2D eigenvalue weighted by Crippen LogP contribution is -2.44. The summed E-state index contributed by atoms with van der Waals surface area (Å²) in [4.78, 5) is 53.3. The number of hydrogen-bond acceptors (Lipinski definition) is 5. The Morgan fingerprint density at radius 1 is 1.03 bits per heavy atom. The summed E-state index contributed by atoms with van der Waals surface area (Å²) in [5.74, 6) is -1.92. The fraction of sp³-hybridized carbons (Fsp3) is 0.448. The maximum atomic E-state index is 13.1. The zero-order valence-electron chi connectivity index (χ0n) is 22.9. The molecule has 0 spiro atoms. The van der Waals surface area contributed by atoms with Gasteiger partial charge in [-0.3, -0.25) is 14.4 Å². The van der Waals surface area contributed by atoms with Gasteiger partial charge in [0.15, 0.2) is 0 Å². The number of benzene rings is 2. The van der Waals surface area contributed by atoms with Crippen molar-refractivity contribution in [3.8, 4) is 0 Å². The smallest absolute Gasteiger partial charge is 0.336 e. The van der Waals surface area contributed by atoms with Crippen molar-refractivity contribution in [2.75, 3.05) is 25.5 Å². The van der Waals surface area contributed by atoms with Crippen molar-refractivity contribution in [2.24, 2.45) is 5.92 Å². The van der Waals surface area contributed by atoms with Crippen molar-refractivity contribution < 1.29 is 24.3 Å². The standard InChI is InChI=1S/C29H39N3O5S/c1-6-7-8-16-32(24(33)18-31(5)28(35)26(38)19(2)3)17-21-12-14-22(15-13-21)30-27(34)25-20(4)10-9-11-23(25)29(36)37/h9-15,19,26,38H,6-8,16-18H2,1-5H3,(H,30,34)(H,36,37). The Morgan fingerprint density at radius 3 is 2.26 bits per heavy atom. The molecule has 0 fully saturated rings. The number of nitrogens with zero attached hydrogens (tertiary/aromatic N) is 2. The molecule has 0 aliphatic rings. The third-order valence-corrected chi connectivity index (χ3v) is 7.15. The van der Waals surface area contributed by atoms with Crippen LogP contribution in [0.5, 0.6) is 0 Å². The van der Waals surface area contributed by atoms with Gasteiger partial charge in [-0.15, -0.1) is 0 Å². The molecule has 0 heterocycles. The van der Waals surface area contributed by atoms with Gasteiger partial charge in [0.2, 0.25) is 11.8 Å². The van der Waals surface area contributed by atoms with Gasteiger partial charge in [-0.2, -0.15) is 12.6 Å². The number of hydrogen-bond donors (Lipinski definition) is 3. The van der Waals surface area contributed by atoms with E-state index in [4.69, 9.17) is 0 Å². The predicted octanol–water partition coefficient (Wildman–Crippen LogP) is 4.88. The molecular formula is C29H39N3O5S. The fourth-order valence-electron chi connectivity index (χ4n) is 3.99. The number of aromatic carboxylic acids is 1. The van der Waals surface area contributed by atoms with Crippen LogP contribution in [0.2, 0.25) is 0 Å². The highest BCUT2D eigenvalue weighted by molar-refractivity contribution is 7.81.